The van der Waals surface area contributed by atoms with E-state index in [1.165, 1.54) is 6.26 Å². The fourth-order valence-electron chi connectivity index (χ4n) is 5.29. The van der Waals surface area contributed by atoms with Crippen LogP contribution in [0.25, 0.3) is 6.08 Å². The number of fused-ring (bicyclic) bond motifs is 1. The standard InChI is InChI=1S/C25H28N2O5S2/c1-16-21(17-8-4-3-5-9-17)32-25(29)27(16)18-12-14-26(15-13-18)23(28)22-19-10-6-7-11-20(19)24(33-22)34(2,30)31/h3-5,7-9,11,16,18,21H,6,10,12-15H2,1-2H3/t16-,21-/m0/s1. The van der Waals surface area contributed by atoms with Gasteiger partial charge in [0.25, 0.3) is 5.91 Å². The molecule has 34 heavy (non-hydrogen) atoms. The van der Waals surface area contributed by atoms with Crippen LogP contribution >= 0.6 is 11.3 Å². The lowest BCUT2D eigenvalue weighted by Crippen LogP contribution is -2.49. The maximum atomic E-state index is 13.4. The molecular formula is C25H28N2O5S2. The van der Waals surface area contributed by atoms with Crippen molar-refractivity contribution in [1.29, 1.82) is 0 Å². The Balaban J connectivity index is 1.30. The Morgan fingerprint density at radius 3 is 2.53 bits per heavy atom. The van der Waals surface area contributed by atoms with Crippen LogP contribution in [0.2, 0.25) is 0 Å². The molecule has 0 radical (unpaired) electrons. The summed E-state index contributed by atoms with van der Waals surface area (Å²) in [7, 11) is -3.41. The Labute approximate surface area is 203 Å². The number of likely N-dealkylation sites (tertiary alicyclic amines) is 1. The lowest BCUT2D eigenvalue weighted by Gasteiger charge is -2.37. The fourth-order valence-corrected chi connectivity index (χ4v) is 7.77. The zero-order chi connectivity index (χ0) is 24.0. The van der Waals surface area contributed by atoms with Gasteiger partial charge in [-0.15, -0.1) is 11.3 Å². The number of piperidine rings is 1. The van der Waals surface area contributed by atoms with E-state index < -0.39 is 9.84 Å². The van der Waals surface area contributed by atoms with E-state index in [2.05, 4.69) is 0 Å². The van der Waals surface area contributed by atoms with Crippen molar-refractivity contribution < 1.29 is 22.7 Å². The van der Waals surface area contributed by atoms with Crippen LogP contribution in [-0.4, -0.2) is 61.6 Å². The van der Waals surface area contributed by atoms with Crippen LogP contribution in [0.15, 0.2) is 40.6 Å². The highest BCUT2D eigenvalue weighted by atomic mass is 32.2. The quantitative estimate of drug-likeness (QED) is 0.625. The lowest BCUT2D eigenvalue weighted by atomic mass is 9.97. The lowest BCUT2D eigenvalue weighted by molar-refractivity contribution is 0.0644. The molecule has 3 aliphatic rings. The van der Waals surface area contributed by atoms with Gasteiger partial charge in [-0.2, -0.15) is 0 Å². The number of hydrogen-bond donors (Lipinski definition) is 0. The van der Waals surface area contributed by atoms with Gasteiger partial charge in [0.2, 0.25) is 0 Å². The fraction of sp³-hybridized carbons (Fsp3) is 0.440. The molecule has 9 heteroatoms. The maximum Gasteiger partial charge on any atom is 0.411 e. The average molecular weight is 501 g/mol. The molecule has 1 aromatic carbocycles. The minimum Gasteiger partial charge on any atom is -0.439 e. The predicted octanol–water partition coefficient (Wildman–Crippen LogP) is 4.30. The second kappa shape index (κ2) is 8.85. The van der Waals surface area contributed by atoms with Gasteiger partial charge in [-0.3, -0.25) is 9.69 Å². The van der Waals surface area contributed by atoms with Gasteiger partial charge < -0.3 is 9.64 Å². The Kier molecular flexibility index (Phi) is 6.02. The number of benzene rings is 1. The number of sulfone groups is 1. The minimum atomic E-state index is -3.41. The molecule has 0 unspecified atom stereocenters. The van der Waals surface area contributed by atoms with Crippen molar-refractivity contribution >= 4 is 39.3 Å². The third-order valence-electron chi connectivity index (χ3n) is 6.98. The largest absolute Gasteiger partial charge is 0.439 e. The number of ether oxygens (including phenoxy) is 1. The molecule has 1 aliphatic carbocycles. The zero-order valence-corrected chi connectivity index (χ0v) is 20.9. The summed E-state index contributed by atoms with van der Waals surface area (Å²) in [6.07, 6.45) is 7.19. The van der Waals surface area contributed by atoms with E-state index in [4.69, 9.17) is 4.74 Å². The Hall–Kier alpha value is -2.65. The first kappa shape index (κ1) is 23.1. The van der Waals surface area contributed by atoms with Crippen molar-refractivity contribution in [2.75, 3.05) is 19.3 Å². The van der Waals surface area contributed by atoms with Gasteiger partial charge >= 0.3 is 6.09 Å². The summed E-state index contributed by atoms with van der Waals surface area (Å²) >= 11 is 1.09. The van der Waals surface area contributed by atoms with Gasteiger partial charge in [0.15, 0.2) is 9.84 Å². The predicted molar refractivity (Wildman–Crippen MR) is 131 cm³/mol. The number of carbonyl (C=O) groups is 2. The van der Waals surface area contributed by atoms with Gasteiger partial charge in [-0.1, -0.05) is 42.5 Å². The first-order valence-electron chi connectivity index (χ1n) is 11.6. The number of thiophene rings is 1. The molecule has 0 N–H and O–H groups in total. The van der Waals surface area contributed by atoms with Crippen molar-refractivity contribution in [3.63, 3.8) is 0 Å². The molecule has 2 aliphatic heterocycles. The highest BCUT2D eigenvalue weighted by Crippen LogP contribution is 2.39. The topological polar surface area (TPSA) is 84.0 Å². The first-order valence-corrected chi connectivity index (χ1v) is 14.3. The van der Waals surface area contributed by atoms with Crippen LogP contribution in [0.3, 0.4) is 0 Å². The number of amides is 2. The molecule has 3 heterocycles. The van der Waals surface area contributed by atoms with Crippen molar-refractivity contribution in [3.8, 4) is 0 Å². The second-order valence-corrected chi connectivity index (χ2v) is 12.4. The molecule has 7 nitrogen and oxygen atoms in total. The van der Waals surface area contributed by atoms with Gasteiger partial charge in [-0.05, 0) is 43.7 Å². The van der Waals surface area contributed by atoms with Crippen molar-refractivity contribution in [2.45, 2.75) is 55.0 Å². The summed E-state index contributed by atoms with van der Waals surface area (Å²) in [6.45, 7) is 3.05. The van der Waals surface area contributed by atoms with E-state index in [-0.39, 0.29) is 34.4 Å². The molecule has 0 spiro atoms. The molecule has 2 aromatic rings. The highest BCUT2D eigenvalue weighted by Gasteiger charge is 2.44. The number of nitrogens with zero attached hydrogens (tertiary/aromatic N) is 2. The molecule has 2 saturated heterocycles. The minimum absolute atomic E-state index is 0.00651. The Morgan fingerprint density at radius 2 is 1.85 bits per heavy atom. The molecule has 0 bridgehead atoms. The summed E-state index contributed by atoms with van der Waals surface area (Å²) in [5, 5.41) is 0. The van der Waals surface area contributed by atoms with Crippen molar-refractivity contribution in [1.82, 2.24) is 9.80 Å². The summed E-state index contributed by atoms with van der Waals surface area (Å²) < 4.78 is 30.6. The number of allylic oxidation sites excluding steroid dienone is 1. The summed E-state index contributed by atoms with van der Waals surface area (Å²) in [5.74, 6) is -0.107. The summed E-state index contributed by atoms with van der Waals surface area (Å²) in [6, 6.07) is 9.69. The van der Waals surface area contributed by atoms with Gasteiger partial charge in [-0.25, -0.2) is 13.2 Å². The van der Waals surface area contributed by atoms with Crippen molar-refractivity contribution in [2.24, 2.45) is 0 Å². The van der Waals surface area contributed by atoms with E-state index >= 15 is 0 Å². The third kappa shape index (κ3) is 4.05. The monoisotopic (exact) mass is 500 g/mol. The van der Waals surface area contributed by atoms with Crippen molar-refractivity contribution in [3.05, 3.63) is 58.0 Å². The normalized spacial score (nSPS) is 23.2. The molecular weight excluding hydrogens is 472 g/mol. The van der Waals surface area contributed by atoms with E-state index in [9.17, 15) is 18.0 Å². The van der Waals surface area contributed by atoms with E-state index in [1.807, 2.05) is 54.3 Å². The molecule has 1 aromatic heterocycles. The average Bonchev–Trinajstić information content (AvgIpc) is 3.37. The number of hydrogen-bond acceptors (Lipinski definition) is 6. The number of carbonyl (C=O) groups excluding carboxylic acids is 2. The molecule has 5 rings (SSSR count). The van der Waals surface area contributed by atoms with E-state index in [1.54, 1.807) is 4.90 Å². The molecule has 180 valence electrons. The molecule has 0 saturated carbocycles. The molecule has 2 atom stereocenters. The van der Waals surface area contributed by atoms with Crippen LogP contribution in [-0.2, 0) is 21.0 Å². The van der Waals surface area contributed by atoms with Gasteiger partial charge in [0.05, 0.1) is 10.9 Å². The SMILES string of the molecule is C[C@H]1[C@@H](c2ccccc2)OC(=O)N1C1CCN(C(=O)c2sc(S(C)(=O)=O)c3c2CCC=C3)CC1. The number of cyclic esters (lactones) is 1. The second-order valence-electron chi connectivity index (χ2n) is 9.21. The van der Waals surface area contributed by atoms with E-state index in [0.29, 0.717) is 42.8 Å². The zero-order valence-electron chi connectivity index (χ0n) is 19.3. The van der Waals surface area contributed by atoms with Crippen LogP contribution in [0, 0.1) is 0 Å². The smallest absolute Gasteiger partial charge is 0.411 e. The maximum absolute atomic E-state index is 13.4. The van der Waals surface area contributed by atoms with Crippen LogP contribution in [0.5, 0.6) is 0 Å². The van der Waals surface area contributed by atoms with Crippen LogP contribution in [0.4, 0.5) is 4.79 Å². The van der Waals surface area contributed by atoms with E-state index in [0.717, 1.165) is 28.9 Å². The third-order valence-corrected chi connectivity index (χ3v) is 10.1. The van der Waals surface area contributed by atoms with Crippen LogP contribution < -0.4 is 0 Å². The summed E-state index contributed by atoms with van der Waals surface area (Å²) in [4.78, 5) is 30.3. The molecule has 2 amide bonds. The van der Waals surface area contributed by atoms with Gasteiger partial charge in [0, 0.05) is 31.0 Å². The highest BCUT2D eigenvalue weighted by molar-refractivity contribution is 7.92. The van der Waals surface area contributed by atoms with Crippen LogP contribution in [0.1, 0.15) is 58.7 Å². The Morgan fingerprint density at radius 1 is 1.15 bits per heavy atom. The molecule has 2 fully saturated rings. The Bertz CT molecular complexity index is 1240. The first-order chi connectivity index (χ1) is 16.3. The summed E-state index contributed by atoms with van der Waals surface area (Å²) in [5.41, 5.74) is 2.51. The van der Waals surface area contributed by atoms with Gasteiger partial charge in [0.1, 0.15) is 10.3 Å². The number of rotatable bonds is 4.